The van der Waals surface area contributed by atoms with Crippen LogP contribution in [-0.4, -0.2) is 11.7 Å². The molecule has 1 unspecified atom stereocenters. The highest BCUT2D eigenvalue weighted by Gasteiger charge is 2.36. The maximum atomic E-state index is 9.16. The third kappa shape index (κ3) is 1.01. The van der Waals surface area contributed by atoms with E-state index in [-0.39, 0.29) is 6.61 Å². The maximum Gasteiger partial charge on any atom is 0.0743 e. The Morgan fingerprint density at radius 2 is 2.50 bits per heavy atom. The molecule has 1 aliphatic rings. The van der Waals surface area contributed by atoms with Gasteiger partial charge in [0.15, 0.2) is 0 Å². The van der Waals surface area contributed by atoms with Crippen LogP contribution in [0.2, 0.25) is 0 Å². The zero-order valence-corrected chi connectivity index (χ0v) is 7.95. The normalized spacial score (nSPS) is 27.6. The van der Waals surface area contributed by atoms with Gasteiger partial charge in [-0.2, -0.15) is 0 Å². The van der Waals surface area contributed by atoms with Crippen molar-refractivity contribution in [2.45, 2.75) is 25.3 Å². The molecule has 0 aromatic carbocycles. The summed E-state index contributed by atoms with van der Waals surface area (Å²) >= 11 is 1.72. The van der Waals surface area contributed by atoms with Crippen molar-refractivity contribution in [3.63, 3.8) is 0 Å². The minimum absolute atomic E-state index is 0.0694. The number of fused-ring (bicyclic) bond motifs is 1. The van der Waals surface area contributed by atoms with Crippen LogP contribution in [0.4, 0.5) is 0 Å². The Hall–Kier alpha value is -0.380. The molecule has 3 heteroatoms. The first-order valence-corrected chi connectivity index (χ1v) is 4.97. The number of hydrogen-bond acceptors (Lipinski definition) is 3. The van der Waals surface area contributed by atoms with Crippen molar-refractivity contribution in [2.24, 2.45) is 5.73 Å². The van der Waals surface area contributed by atoms with Gasteiger partial charge in [-0.1, -0.05) is 0 Å². The van der Waals surface area contributed by atoms with Gasteiger partial charge in [-0.15, -0.1) is 11.3 Å². The van der Waals surface area contributed by atoms with Gasteiger partial charge in [0.05, 0.1) is 12.1 Å². The van der Waals surface area contributed by atoms with Gasteiger partial charge in [-0.25, -0.2) is 0 Å². The summed E-state index contributed by atoms with van der Waals surface area (Å²) in [5, 5.41) is 9.16. The standard InChI is InChI=1S/C9H13NOS/c1-6-4-7-2-3-9(10,5-11)8(7)12-6/h4,11H,2-3,5,10H2,1H3. The molecular weight excluding hydrogens is 170 g/mol. The molecule has 0 spiro atoms. The van der Waals surface area contributed by atoms with E-state index in [0.717, 1.165) is 12.8 Å². The molecule has 1 atom stereocenters. The summed E-state index contributed by atoms with van der Waals surface area (Å²) in [7, 11) is 0. The fraction of sp³-hybridized carbons (Fsp3) is 0.556. The third-order valence-corrected chi connectivity index (χ3v) is 3.82. The van der Waals surface area contributed by atoms with Gasteiger partial charge in [-0.05, 0) is 31.4 Å². The predicted molar refractivity (Wildman–Crippen MR) is 50.3 cm³/mol. The van der Waals surface area contributed by atoms with Crippen molar-refractivity contribution < 1.29 is 5.11 Å². The topological polar surface area (TPSA) is 46.2 Å². The Balaban J connectivity index is 2.47. The summed E-state index contributed by atoms with van der Waals surface area (Å²) in [5.41, 5.74) is 6.95. The van der Waals surface area contributed by atoms with Crippen LogP contribution < -0.4 is 5.73 Å². The van der Waals surface area contributed by atoms with E-state index in [0.29, 0.717) is 0 Å². The van der Waals surface area contributed by atoms with Crippen LogP contribution in [0.15, 0.2) is 6.07 Å². The lowest BCUT2D eigenvalue weighted by Gasteiger charge is -2.20. The van der Waals surface area contributed by atoms with E-state index in [1.54, 1.807) is 11.3 Å². The Bertz CT molecular complexity index is 307. The van der Waals surface area contributed by atoms with E-state index in [1.165, 1.54) is 15.3 Å². The maximum absolute atomic E-state index is 9.16. The van der Waals surface area contributed by atoms with Gasteiger partial charge in [0.25, 0.3) is 0 Å². The number of rotatable bonds is 1. The van der Waals surface area contributed by atoms with E-state index in [2.05, 4.69) is 13.0 Å². The van der Waals surface area contributed by atoms with E-state index in [9.17, 15) is 0 Å². The SMILES string of the molecule is Cc1cc2c(s1)C(N)(CO)CC2. The molecule has 3 N–H and O–H groups in total. The summed E-state index contributed by atoms with van der Waals surface area (Å²) in [6.45, 7) is 2.15. The lowest BCUT2D eigenvalue weighted by Crippen LogP contribution is -2.37. The number of aryl methyl sites for hydroxylation is 2. The highest BCUT2D eigenvalue weighted by Crippen LogP contribution is 2.39. The molecule has 0 fully saturated rings. The monoisotopic (exact) mass is 183 g/mol. The first-order valence-electron chi connectivity index (χ1n) is 4.15. The second-order valence-corrected chi connectivity index (χ2v) is 4.78. The molecule has 0 saturated heterocycles. The van der Waals surface area contributed by atoms with Gasteiger partial charge in [0.2, 0.25) is 0 Å². The van der Waals surface area contributed by atoms with Gasteiger partial charge in [-0.3, -0.25) is 0 Å². The molecule has 0 saturated carbocycles. The summed E-state index contributed by atoms with van der Waals surface area (Å²) < 4.78 is 0. The van der Waals surface area contributed by atoms with E-state index in [4.69, 9.17) is 10.8 Å². The molecule has 0 radical (unpaired) electrons. The quantitative estimate of drug-likeness (QED) is 0.686. The Labute approximate surface area is 76.0 Å². The molecule has 0 bridgehead atoms. The van der Waals surface area contributed by atoms with Crippen molar-refractivity contribution in [1.29, 1.82) is 0 Å². The van der Waals surface area contributed by atoms with Crippen LogP contribution >= 0.6 is 11.3 Å². The van der Waals surface area contributed by atoms with Crippen LogP contribution in [0.3, 0.4) is 0 Å². The molecule has 1 aromatic rings. The number of aliphatic hydroxyl groups excluding tert-OH is 1. The summed E-state index contributed by atoms with van der Waals surface area (Å²) in [6.07, 6.45) is 1.92. The molecule has 1 heterocycles. The average Bonchev–Trinajstić information content (AvgIpc) is 2.53. The zero-order valence-electron chi connectivity index (χ0n) is 7.13. The van der Waals surface area contributed by atoms with Crippen LogP contribution in [0.25, 0.3) is 0 Å². The van der Waals surface area contributed by atoms with Crippen molar-refractivity contribution >= 4 is 11.3 Å². The summed E-state index contributed by atoms with van der Waals surface area (Å²) in [4.78, 5) is 2.49. The number of thiophene rings is 1. The Morgan fingerprint density at radius 1 is 1.75 bits per heavy atom. The van der Waals surface area contributed by atoms with Gasteiger partial charge >= 0.3 is 0 Å². The fourth-order valence-electron chi connectivity index (χ4n) is 1.80. The molecule has 1 aliphatic carbocycles. The van der Waals surface area contributed by atoms with Crippen molar-refractivity contribution in [3.05, 3.63) is 21.4 Å². The minimum atomic E-state index is -0.436. The van der Waals surface area contributed by atoms with E-state index in [1.807, 2.05) is 0 Å². The van der Waals surface area contributed by atoms with Crippen LogP contribution in [-0.2, 0) is 12.0 Å². The highest BCUT2D eigenvalue weighted by atomic mass is 32.1. The molecule has 1 aromatic heterocycles. The molecular formula is C9H13NOS. The predicted octanol–water partition coefficient (Wildman–Crippen LogP) is 1.15. The minimum Gasteiger partial charge on any atom is -0.394 e. The number of nitrogens with two attached hydrogens (primary N) is 1. The smallest absolute Gasteiger partial charge is 0.0743 e. The summed E-state index contributed by atoms with van der Waals surface area (Å²) in [6, 6.07) is 2.18. The fourth-order valence-corrected chi connectivity index (χ4v) is 2.98. The molecule has 0 aliphatic heterocycles. The third-order valence-electron chi connectivity index (χ3n) is 2.51. The van der Waals surface area contributed by atoms with E-state index >= 15 is 0 Å². The van der Waals surface area contributed by atoms with Crippen LogP contribution in [0, 0.1) is 6.92 Å². The second kappa shape index (κ2) is 2.55. The second-order valence-electron chi connectivity index (χ2n) is 3.53. The van der Waals surface area contributed by atoms with Gasteiger partial charge in [0, 0.05) is 9.75 Å². The van der Waals surface area contributed by atoms with Crippen molar-refractivity contribution in [3.8, 4) is 0 Å². The van der Waals surface area contributed by atoms with Crippen molar-refractivity contribution in [2.75, 3.05) is 6.61 Å². The van der Waals surface area contributed by atoms with Gasteiger partial charge < -0.3 is 10.8 Å². The molecule has 2 rings (SSSR count). The average molecular weight is 183 g/mol. The summed E-state index contributed by atoms with van der Waals surface area (Å²) in [5.74, 6) is 0. The number of aliphatic hydroxyl groups is 1. The van der Waals surface area contributed by atoms with Crippen molar-refractivity contribution in [1.82, 2.24) is 0 Å². The molecule has 2 nitrogen and oxygen atoms in total. The molecule has 0 amide bonds. The van der Waals surface area contributed by atoms with Crippen LogP contribution in [0.1, 0.15) is 21.7 Å². The lowest BCUT2D eigenvalue weighted by molar-refractivity contribution is 0.199. The highest BCUT2D eigenvalue weighted by molar-refractivity contribution is 7.12. The van der Waals surface area contributed by atoms with Crippen LogP contribution in [0.5, 0.6) is 0 Å². The van der Waals surface area contributed by atoms with Gasteiger partial charge in [0.1, 0.15) is 0 Å². The van der Waals surface area contributed by atoms with E-state index < -0.39 is 5.54 Å². The Kier molecular flexibility index (Phi) is 1.75. The zero-order chi connectivity index (χ0) is 8.77. The molecule has 66 valence electrons. The Morgan fingerprint density at radius 3 is 3.17 bits per heavy atom. The first-order chi connectivity index (χ1) is 5.65. The number of hydrogen-bond donors (Lipinski definition) is 2. The first kappa shape index (κ1) is 8.23. The molecule has 12 heavy (non-hydrogen) atoms. The largest absolute Gasteiger partial charge is 0.394 e. The lowest BCUT2D eigenvalue weighted by atomic mass is 10.0.